The molecule has 0 radical (unpaired) electrons. The topological polar surface area (TPSA) is 89.3 Å². The number of nitrogens with one attached hydrogen (secondary N) is 1. The van der Waals surface area contributed by atoms with Gasteiger partial charge < -0.3 is 11.1 Å². The lowest BCUT2D eigenvalue weighted by molar-refractivity contribution is -0.122. The van der Waals surface area contributed by atoms with Crippen LogP contribution < -0.4 is 11.1 Å². The molecule has 104 valence electrons. The van der Waals surface area contributed by atoms with Crippen LogP contribution in [-0.2, 0) is 14.6 Å². The molecular formula is C12H15BrN2O3S. The molecule has 0 atom stereocenters. The number of primary amides is 1. The van der Waals surface area contributed by atoms with Crippen LogP contribution in [-0.4, -0.2) is 31.4 Å². The van der Waals surface area contributed by atoms with Crippen LogP contribution in [0.1, 0.15) is 12.8 Å². The molecule has 1 amide bonds. The van der Waals surface area contributed by atoms with Crippen molar-refractivity contribution in [2.24, 2.45) is 5.73 Å². The van der Waals surface area contributed by atoms with E-state index in [1.807, 2.05) is 24.3 Å². The predicted octanol–water partition coefficient (Wildman–Crippen LogP) is 1.29. The van der Waals surface area contributed by atoms with Gasteiger partial charge in [-0.2, -0.15) is 0 Å². The third kappa shape index (κ3) is 3.09. The van der Waals surface area contributed by atoms with Crippen LogP contribution >= 0.6 is 15.9 Å². The van der Waals surface area contributed by atoms with E-state index in [9.17, 15) is 13.2 Å². The fourth-order valence-electron chi connectivity index (χ4n) is 2.14. The second-order valence-electron chi connectivity index (χ2n) is 4.70. The summed E-state index contributed by atoms with van der Waals surface area (Å²) in [6.45, 7) is 0. The van der Waals surface area contributed by atoms with E-state index in [0.717, 1.165) is 10.2 Å². The van der Waals surface area contributed by atoms with E-state index in [4.69, 9.17) is 5.73 Å². The van der Waals surface area contributed by atoms with Gasteiger partial charge in [0.15, 0.2) is 9.84 Å². The Morgan fingerprint density at radius 1 is 1.26 bits per heavy atom. The quantitative estimate of drug-likeness (QED) is 0.862. The van der Waals surface area contributed by atoms with Gasteiger partial charge in [0.2, 0.25) is 5.91 Å². The average molecular weight is 347 g/mol. The minimum atomic E-state index is -3.05. The van der Waals surface area contributed by atoms with Gasteiger partial charge in [0.1, 0.15) is 5.54 Å². The minimum Gasteiger partial charge on any atom is -0.370 e. The van der Waals surface area contributed by atoms with Gasteiger partial charge in [-0.25, -0.2) is 8.42 Å². The van der Waals surface area contributed by atoms with Crippen LogP contribution in [0.5, 0.6) is 0 Å². The highest BCUT2D eigenvalue weighted by Crippen LogP contribution is 2.31. The Hall–Kier alpha value is -1.08. The number of carbonyl (C=O) groups excluding carboxylic acids is 1. The van der Waals surface area contributed by atoms with Crippen molar-refractivity contribution in [3.63, 3.8) is 0 Å². The van der Waals surface area contributed by atoms with Crippen molar-refractivity contribution >= 4 is 37.4 Å². The van der Waals surface area contributed by atoms with Crippen LogP contribution in [0.2, 0.25) is 0 Å². The minimum absolute atomic E-state index is 0.0204. The van der Waals surface area contributed by atoms with E-state index >= 15 is 0 Å². The number of sulfone groups is 1. The average Bonchev–Trinajstić information content (AvgIpc) is 2.34. The van der Waals surface area contributed by atoms with Gasteiger partial charge in [0.05, 0.1) is 11.5 Å². The predicted molar refractivity (Wildman–Crippen MR) is 77.6 cm³/mol. The monoisotopic (exact) mass is 346 g/mol. The standard InChI is InChI=1S/C12H15BrN2O3S/c13-9-3-1-2-4-10(9)15-12(11(14)16)5-7-19(17,18)8-6-12/h1-4,15H,5-8H2,(H2,14,16). The number of benzene rings is 1. The third-order valence-electron chi connectivity index (χ3n) is 3.40. The highest BCUT2D eigenvalue weighted by Gasteiger charge is 2.42. The molecule has 0 unspecified atom stereocenters. The summed E-state index contributed by atoms with van der Waals surface area (Å²) in [5.74, 6) is -0.556. The summed E-state index contributed by atoms with van der Waals surface area (Å²) in [4.78, 5) is 11.8. The summed E-state index contributed by atoms with van der Waals surface area (Å²) < 4.78 is 23.8. The molecule has 1 heterocycles. The second-order valence-corrected chi connectivity index (χ2v) is 7.86. The van der Waals surface area contributed by atoms with Crippen molar-refractivity contribution in [1.29, 1.82) is 0 Å². The van der Waals surface area contributed by atoms with Crippen LogP contribution in [0, 0.1) is 0 Å². The fourth-order valence-corrected chi connectivity index (χ4v) is 4.05. The first-order chi connectivity index (χ1) is 8.85. The van der Waals surface area contributed by atoms with Gasteiger partial charge in [0, 0.05) is 10.2 Å². The molecule has 1 aromatic carbocycles. The highest BCUT2D eigenvalue weighted by molar-refractivity contribution is 9.10. The van der Waals surface area contributed by atoms with Crippen molar-refractivity contribution in [3.8, 4) is 0 Å². The number of anilines is 1. The molecule has 3 N–H and O–H groups in total. The Morgan fingerprint density at radius 3 is 2.37 bits per heavy atom. The molecule has 7 heteroatoms. The zero-order valence-corrected chi connectivity index (χ0v) is 12.6. The Bertz CT molecular complexity index is 587. The summed E-state index contributed by atoms with van der Waals surface area (Å²) in [7, 11) is -3.05. The van der Waals surface area contributed by atoms with Gasteiger partial charge in [-0.3, -0.25) is 4.79 Å². The van der Waals surface area contributed by atoms with Crippen LogP contribution in [0.25, 0.3) is 0 Å². The van der Waals surface area contributed by atoms with Crippen molar-refractivity contribution in [3.05, 3.63) is 28.7 Å². The molecule has 1 aliphatic rings. The zero-order chi connectivity index (χ0) is 14.1. The largest absolute Gasteiger partial charge is 0.370 e. The van der Waals surface area contributed by atoms with Gasteiger partial charge in [0.25, 0.3) is 0 Å². The van der Waals surface area contributed by atoms with Gasteiger partial charge >= 0.3 is 0 Å². The van der Waals surface area contributed by atoms with E-state index < -0.39 is 21.3 Å². The zero-order valence-electron chi connectivity index (χ0n) is 10.2. The number of para-hydroxylation sites is 1. The van der Waals surface area contributed by atoms with E-state index in [0.29, 0.717) is 0 Å². The number of hydrogen-bond acceptors (Lipinski definition) is 4. The van der Waals surface area contributed by atoms with Gasteiger partial charge in [-0.05, 0) is 40.9 Å². The van der Waals surface area contributed by atoms with Crippen molar-refractivity contribution in [2.45, 2.75) is 18.4 Å². The summed E-state index contributed by atoms with van der Waals surface area (Å²) in [6.07, 6.45) is 0.401. The van der Waals surface area contributed by atoms with Crippen molar-refractivity contribution < 1.29 is 13.2 Å². The molecule has 1 aliphatic heterocycles. The van der Waals surface area contributed by atoms with E-state index in [1.165, 1.54) is 0 Å². The molecule has 0 saturated carbocycles. The maximum atomic E-state index is 11.8. The molecule has 0 bridgehead atoms. The summed E-state index contributed by atoms with van der Waals surface area (Å²) in [5, 5.41) is 3.11. The molecule has 0 aliphatic carbocycles. The number of halogens is 1. The highest BCUT2D eigenvalue weighted by atomic mass is 79.9. The molecule has 0 spiro atoms. The Labute approximate surface area is 120 Å². The van der Waals surface area contributed by atoms with Gasteiger partial charge in [-0.1, -0.05) is 12.1 Å². The third-order valence-corrected chi connectivity index (χ3v) is 5.74. The Morgan fingerprint density at radius 2 is 1.84 bits per heavy atom. The number of hydrogen-bond donors (Lipinski definition) is 2. The first kappa shape index (κ1) is 14.3. The van der Waals surface area contributed by atoms with Crippen LogP contribution in [0.3, 0.4) is 0 Å². The first-order valence-corrected chi connectivity index (χ1v) is 8.49. The van der Waals surface area contributed by atoms with Crippen LogP contribution in [0.15, 0.2) is 28.7 Å². The van der Waals surface area contributed by atoms with Crippen molar-refractivity contribution in [1.82, 2.24) is 0 Å². The Kier molecular flexibility index (Phi) is 3.87. The van der Waals surface area contributed by atoms with Crippen LogP contribution in [0.4, 0.5) is 5.69 Å². The van der Waals surface area contributed by atoms with E-state index in [-0.39, 0.29) is 24.3 Å². The molecule has 1 fully saturated rings. The molecule has 5 nitrogen and oxygen atoms in total. The molecule has 19 heavy (non-hydrogen) atoms. The lowest BCUT2D eigenvalue weighted by Gasteiger charge is -2.36. The first-order valence-electron chi connectivity index (χ1n) is 5.88. The van der Waals surface area contributed by atoms with Gasteiger partial charge in [-0.15, -0.1) is 0 Å². The van der Waals surface area contributed by atoms with E-state index in [2.05, 4.69) is 21.2 Å². The number of nitrogens with two attached hydrogens (primary N) is 1. The molecular weight excluding hydrogens is 332 g/mol. The number of carbonyl (C=O) groups is 1. The second kappa shape index (κ2) is 5.13. The smallest absolute Gasteiger partial charge is 0.243 e. The molecule has 0 aromatic heterocycles. The lowest BCUT2D eigenvalue weighted by Crippen LogP contribution is -2.55. The normalized spacial score (nSPS) is 20.7. The van der Waals surface area contributed by atoms with E-state index in [1.54, 1.807) is 0 Å². The molecule has 2 rings (SSSR count). The SMILES string of the molecule is NC(=O)C1(Nc2ccccc2Br)CCS(=O)(=O)CC1. The molecule has 1 aromatic rings. The number of rotatable bonds is 3. The summed E-state index contributed by atoms with van der Waals surface area (Å²) in [5.41, 5.74) is 5.22. The summed E-state index contributed by atoms with van der Waals surface area (Å²) in [6, 6.07) is 7.35. The maximum absolute atomic E-state index is 11.8. The fraction of sp³-hybridized carbons (Fsp3) is 0.417. The molecule has 1 saturated heterocycles. The Balaban J connectivity index is 2.28. The number of amides is 1. The summed E-state index contributed by atoms with van der Waals surface area (Å²) >= 11 is 3.39. The maximum Gasteiger partial charge on any atom is 0.243 e. The lowest BCUT2D eigenvalue weighted by atomic mass is 9.91. The van der Waals surface area contributed by atoms with Crippen molar-refractivity contribution in [2.75, 3.05) is 16.8 Å².